The number of amides is 2. The lowest BCUT2D eigenvalue weighted by Gasteiger charge is -2.23. The van der Waals surface area contributed by atoms with Crippen molar-refractivity contribution in [2.45, 2.75) is 31.3 Å². The van der Waals surface area contributed by atoms with Gasteiger partial charge < -0.3 is 20.8 Å². The molecular weight excluding hydrogens is 410 g/mol. The van der Waals surface area contributed by atoms with E-state index in [0.29, 0.717) is 24.1 Å². The van der Waals surface area contributed by atoms with E-state index in [1.54, 1.807) is 48.7 Å². The second-order valence-electron chi connectivity index (χ2n) is 7.50. The quantitative estimate of drug-likeness (QED) is 0.480. The predicted octanol–water partition coefficient (Wildman–Crippen LogP) is 2.09. The summed E-state index contributed by atoms with van der Waals surface area (Å²) < 4.78 is 0. The van der Waals surface area contributed by atoms with E-state index in [1.165, 1.54) is 12.1 Å². The third-order valence-electron chi connectivity index (χ3n) is 5.09. The molecule has 0 saturated carbocycles. The number of hydrogen-bond donors (Lipinski definition) is 4. The van der Waals surface area contributed by atoms with Gasteiger partial charge in [-0.2, -0.15) is 0 Å². The van der Waals surface area contributed by atoms with E-state index in [0.717, 1.165) is 5.57 Å². The van der Waals surface area contributed by atoms with Crippen molar-refractivity contribution in [2.75, 3.05) is 6.54 Å². The number of dihydropyridines is 1. The van der Waals surface area contributed by atoms with Crippen molar-refractivity contribution in [1.29, 1.82) is 0 Å². The van der Waals surface area contributed by atoms with Crippen LogP contribution in [0.1, 0.15) is 28.8 Å². The summed E-state index contributed by atoms with van der Waals surface area (Å²) >= 11 is 0. The van der Waals surface area contributed by atoms with Gasteiger partial charge >= 0.3 is 5.97 Å². The van der Waals surface area contributed by atoms with Crippen molar-refractivity contribution in [2.24, 2.45) is 4.99 Å². The molecule has 4 N–H and O–H groups in total. The van der Waals surface area contributed by atoms with Gasteiger partial charge in [-0.25, -0.2) is 4.79 Å². The van der Waals surface area contributed by atoms with Crippen molar-refractivity contribution in [1.82, 2.24) is 10.6 Å². The maximum atomic E-state index is 13.1. The van der Waals surface area contributed by atoms with Crippen LogP contribution in [0.3, 0.4) is 0 Å². The molecule has 0 aliphatic carbocycles. The average Bonchev–Trinajstić information content (AvgIpc) is 2.80. The van der Waals surface area contributed by atoms with Gasteiger partial charge in [-0.15, -0.1) is 0 Å². The fraction of sp³-hybridized carbons (Fsp3) is 0.250. The molecule has 1 heterocycles. The fourth-order valence-electron chi connectivity index (χ4n) is 3.34. The number of benzene rings is 2. The molecule has 2 amide bonds. The predicted molar refractivity (Wildman–Crippen MR) is 120 cm³/mol. The standard InChI is InChI=1S/C24H25N3O5/c28-19-8-6-16(7-9-19)15-21(24(31)32)27-23(30)20(14-17-10-12-25-13-11-17)26-22(29)18-4-2-1-3-5-18/h1-10,12,20-21,28H,11,13-15H2,(H,26,29)(H,27,30)(H,31,32)/t20-,21-/m0/s1. The molecule has 2 atom stereocenters. The average molecular weight is 435 g/mol. The Hall–Kier alpha value is -3.94. The number of aromatic hydroxyl groups is 1. The first kappa shape index (κ1) is 22.7. The van der Waals surface area contributed by atoms with Crippen LogP contribution >= 0.6 is 0 Å². The number of carboxylic acids is 1. The van der Waals surface area contributed by atoms with Crippen molar-refractivity contribution >= 4 is 24.0 Å². The second kappa shape index (κ2) is 10.9. The topological polar surface area (TPSA) is 128 Å². The van der Waals surface area contributed by atoms with Crippen LogP contribution in [0.5, 0.6) is 5.75 Å². The minimum atomic E-state index is -1.19. The maximum Gasteiger partial charge on any atom is 0.326 e. The monoisotopic (exact) mass is 435 g/mol. The number of hydrogen-bond acceptors (Lipinski definition) is 5. The van der Waals surface area contributed by atoms with Crippen molar-refractivity contribution in [3.63, 3.8) is 0 Å². The van der Waals surface area contributed by atoms with Crippen LogP contribution in [0.4, 0.5) is 0 Å². The van der Waals surface area contributed by atoms with E-state index < -0.39 is 29.9 Å². The molecular formula is C24H25N3O5. The smallest absolute Gasteiger partial charge is 0.326 e. The van der Waals surface area contributed by atoms with Gasteiger partial charge in [0.1, 0.15) is 17.8 Å². The highest BCUT2D eigenvalue weighted by Gasteiger charge is 2.28. The van der Waals surface area contributed by atoms with Crippen LogP contribution in [0, 0.1) is 0 Å². The third kappa shape index (κ3) is 6.53. The molecule has 3 rings (SSSR count). The Morgan fingerprint density at radius 1 is 0.938 bits per heavy atom. The lowest BCUT2D eigenvalue weighted by Crippen LogP contribution is -2.52. The molecule has 0 unspecified atom stereocenters. The zero-order valence-corrected chi connectivity index (χ0v) is 17.4. The summed E-state index contributed by atoms with van der Waals surface area (Å²) in [5, 5.41) is 24.3. The Bertz CT molecular complexity index is 1020. The number of carbonyl (C=O) groups excluding carboxylic acids is 2. The first-order valence-electron chi connectivity index (χ1n) is 10.3. The summed E-state index contributed by atoms with van der Waals surface area (Å²) in [5.41, 5.74) is 1.99. The number of nitrogens with zero attached hydrogens (tertiary/aromatic N) is 1. The van der Waals surface area contributed by atoms with E-state index in [9.17, 15) is 24.6 Å². The molecule has 1 aliphatic heterocycles. The zero-order valence-electron chi connectivity index (χ0n) is 17.4. The van der Waals surface area contributed by atoms with Gasteiger partial charge in [0, 0.05) is 24.7 Å². The number of phenols is 1. The summed E-state index contributed by atoms with van der Waals surface area (Å²) in [6.07, 6.45) is 4.43. The van der Waals surface area contributed by atoms with Crippen LogP contribution in [0.15, 0.2) is 71.2 Å². The number of nitrogens with one attached hydrogen (secondary N) is 2. The molecule has 0 saturated heterocycles. The molecule has 32 heavy (non-hydrogen) atoms. The lowest BCUT2D eigenvalue weighted by molar-refractivity contribution is -0.142. The van der Waals surface area contributed by atoms with Gasteiger partial charge in [0.05, 0.1) is 0 Å². The van der Waals surface area contributed by atoms with Gasteiger partial charge in [0.2, 0.25) is 5.91 Å². The Kier molecular flexibility index (Phi) is 7.75. The summed E-state index contributed by atoms with van der Waals surface area (Å²) in [5.74, 6) is -2.12. The second-order valence-corrected chi connectivity index (χ2v) is 7.50. The van der Waals surface area contributed by atoms with Crippen molar-refractivity contribution in [3.05, 3.63) is 77.4 Å². The van der Waals surface area contributed by atoms with Crippen LogP contribution in [-0.4, -0.2) is 52.8 Å². The Morgan fingerprint density at radius 3 is 2.28 bits per heavy atom. The Morgan fingerprint density at radius 2 is 1.66 bits per heavy atom. The summed E-state index contributed by atoms with van der Waals surface area (Å²) in [6.45, 7) is 0.603. The normalized spacial score (nSPS) is 14.7. The van der Waals surface area contributed by atoms with Gasteiger partial charge in [-0.1, -0.05) is 35.9 Å². The first-order valence-corrected chi connectivity index (χ1v) is 10.3. The zero-order chi connectivity index (χ0) is 22.9. The Balaban J connectivity index is 1.75. The lowest BCUT2D eigenvalue weighted by atomic mass is 9.99. The SMILES string of the molecule is O=C(N[C@@H](CC1=CC=NCC1)C(=O)N[C@@H](Cc1ccc(O)cc1)C(=O)O)c1ccccc1. The highest BCUT2D eigenvalue weighted by molar-refractivity contribution is 5.98. The molecule has 2 aromatic rings. The van der Waals surface area contributed by atoms with E-state index in [1.807, 2.05) is 6.08 Å². The van der Waals surface area contributed by atoms with Gasteiger partial charge in [-0.3, -0.25) is 14.6 Å². The van der Waals surface area contributed by atoms with E-state index in [2.05, 4.69) is 15.6 Å². The summed E-state index contributed by atoms with van der Waals surface area (Å²) in [4.78, 5) is 41.6. The molecule has 8 nitrogen and oxygen atoms in total. The number of allylic oxidation sites excluding steroid dienone is 1. The van der Waals surface area contributed by atoms with E-state index in [-0.39, 0.29) is 18.6 Å². The summed E-state index contributed by atoms with van der Waals surface area (Å²) in [6, 6.07) is 12.5. The van der Waals surface area contributed by atoms with Crippen molar-refractivity contribution < 1.29 is 24.6 Å². The molecule has 0 aromatic heterocycles. The molecule has 0 bridgehead atoms. The van der Waals surface area contributed by atoms with Crippen molar-refractivity contribution in [3.8, 4) is 5.75 Å². The number of carboxylic acid groups (broad SMARTS) is 1. The first-order chi connectivity index (χ1) is 15.4. The molecule has 0 fully saturated rings. The highest BCUT2D eigenvalue weighted by Crippen LogP contribution is 2.15. The van der Waals surface area contributed by atoms with E-state index >= 15 is 0 Å². The number of aliphatic carboxylic acids is 1. The summed E-state index contributed by atoms with van der Waals surface area (Å²) in [7, 11) is 0. The van der Waals surface area contributed by atoms with E-state index in [4.69, 9.17) is 0 Å². The Labute approximate surface area is 185 Å². The minimum absolute atomic E-state index is 0.0378. The van der Waals surface area contributed by atoms with Crippen LogP contribution in [0.2, 0.25) is 0 Å². The van der Waals surface area contributed by atoms with Gasteiger partial charge in [0.25, 0.3) is 5.91 Å². The van der Waals surface area contributed by atoms with Gasteiger partial charge in [-0.05, 0) is 48.7 Å². The number of carbonyl (C=O) groups is 3. The largest absolute Gasteiger partial charge is 0.508 e. The molecule has 0 spiro atoms. The molecule has 1 aliphatic rings. The number of aliphatic imine (C=N–C) groups is 1. The van der Waals surface area contributed by atoms with Gasteiger partial charge in [0.15, 0.2) is 0 Å². The fourth-order valence-corrected chi connectivity index (χ4v) is 3.34. The van der Waals surface area contributed by atoms with Crippen LogP contribution in [-0.2, 0) is 16.0 Å². The molecule has 166 valence electrons. The maximum absolute atomic E-state index is 13.1. The number of phenolic OH excluding ortho intramolecular Hbond substituents is 1. The van der Waals surface area contributed by atoms with Crippen LogP contribution < -0.4 is 10.6 Å². The highest BCUT2D eigenvalue weighted by atomic mass is 16.4. The number of rotatable bonds is 9. The molecule has 8 heteroatoms. The minimum Gasteiger partial charge on any atom is -0.508 e. The van der Waals surface area contributed by atoms with Crippen LogP contribution in [0.25, 0.3) is 0 Å². The third-order valence-corrected chi connectivity index (χ3v) is 5.09. The molecule has 2 aromatic carbocycles. The molecule has 0 radical (unpaired) electrons.